The SMILES string of the molecule is COC(=O)C(Cc1ccc2ccc3cccc4ccc1c2c34)NC(=O)C(Cc1ccccc1)NC(=O)OC(C)(C)C. The molecule has 0 fully saturated rings. The number of alkyl carbamates (subject to hydrolysis) is 1. The predicted octanol–water partition coefficient (Wildman–Crippen LogP) is 5.92. The van der Waals surface area contributed by atoms with Crippen LogP contribution in [0.1, 0.15) is 31.9 Å². The van der Waals surface area contributed by atoms with E-state index in [1.165, 1.54) is 12.5 Å². The second-order valence-corrected chi connectivity index (χ2v) is 11.3. The van der Waals surface area contributed by atoms with Gasteiger partial charge >= 0.3 is 12.1 Å². The quantitative estimate of drug-likeness (QED) is 0.185. The first kappa shape index (κ1) is 27.9. The van der Waals surface area contributed by atoms with Gasteiger partial charge in [0.15, 0.2) is 0 Å². The number of hydrogen-bond donors (Lipinski definition) is 2. The van der Waals surface area contributed by atoms with E-state index in [1.54, 1.807) is 20.8 Å². The van der Waals surface area contributed by atoms with E-state index in [0.29, 0.717) is 0 Å². The molecular weight excluding hydrogens is 516 g/mol. The van der Waals surface area contributed by atoms with Gasteiger partial charge in [-0.2, -0.15) is 0 Å². The molecule has 0 aliphatic heterocycles. The molecule has 0 bridgehead atoms. The Bertz CT molecular complexity index is 1690. The molecule has 5 aromatic carbocycles. The molecule has 0 heterocycles. The average molecular weight is 551 g/mol. The van der Waals surface area contributed by atoms with Crippen LogP contribution < -0.4 is 10.6 Å². The molecule has 2 amide bonds. The Morgan fingerprint density at radius 2 is 1.34 bits per heavy atom. The Kier molecular flexibility index (Phi) is 7.79. The minimum atomic E-state index is -0.972. The standard InChI is InChI=1S/C34H34N2O5/c1-34(2,3)41-33(39)36-27(19-21-9-6-5-7-10-21)31(37)35-28(32(38)40-4)20-25-16-15-24-14-13-22-11-8-12-23-17-18-26(25)30(24)29(22)23/h5-18,27-28H,19-20H2,1-4H3,(H,35,37)(H,36,39). The van der Waals surface area contributed by atoms with Gasteiger partial charge in [-0.3, -0.25) is 4.79 Å². The second-order valence-electron chi connectivity index (χ2n) is 11.3. The first-order chi connectivity index (χ1) is 19.6. The van der Waals surface area contributed by atoms with Gasteiger partial charge in [-0.25, -0.2) is 9.59 Å². The molecule has 0 aliphatic carbocycles. The van der Waals surface area contributed by atoms with Crippen LogP contribution >= 0.6 is 0 Å². The van der Waals surface area contributed by atoms with Crippen molar-refractivity contribution in [2.24, 2.45) is 0 Å². The Balaban J connectivity index is 1.44. The summed E-state index contributed by atoms with van der Waals surface area (Å²) < 4.78 is 10.5. The molecule has 210 valence electrons. The number of methoxy groups -OCH3 is 1. The number of carbonyl (C=O) groups excluding carboxylic acids is 3. The Morgan fingerprint density at radius 1 is 0.707 bits per heavy atom. The van der Waals surface area contributed by atoms with Gasteiger partial charge in [0, 0.05) is 12.8 Å². The fourth-order valence-corrected chi connectivity index (χ4v) is 5.31. The zero-order valence-corrected chi connectivity index (χ0v) is 23.7. The number of rotatable bonds is 8. The summed E-state index contributed by atoms with van der Waals surface area (Å²) in [5.74, 6) is -1.08. The van der Waals surface area contributed by atoms with Gasteiger partial charge < -0.3 is 20.1 Å². The summed E-state index contributed by atoms with van der Waals surface area (Å²) in [6.45, 7) is 5.26. The lowest BCUT2D eigenvalue weighted by Gasteiger charge is -2.25. The largest absolute Gasteiger partial charge is 0.467 e. The normalized spacial score (nSPS) is 13.2. The van der Waals surface area contributed by atoms with Crippen LogP contribution in [0.25, 0.3) is 32.3 Å². The summed E-state index contributed by atoms with van der Waals surface area (Å²) >= 11 is 0. The highest BCUT2D eigenvalue weighted by Gasteiger charge is 2.30. The van der Waals surface area contributed by atoms with E-state index in [-0.39, 0.29) is 12.8 Å². The van der Waals surface area contributed by atoms with Crippen LogP contribution in [-0.4, -0.2) is 42.8 Å². The molecule has 7 nitrogen and oxygen atoms in total. The maximum absolute atomic E-state index is 13.6. The summed E-state index contributed by atoms with van der Waals surface area (Å²) in [4.78, 5) is 39.2. The molecule has 5 aromatic rings. The highest BCUT2D eigenvalue weighted by molar-refractivity contribution is 6.23. The van der Waals surface area contributed by atoms with Crippen LogP contribution in [0.4, 0.5) is 4.79 Å². The van der Waals surface area contributed by atoms with Crippen LogP contribution in [-0.2, 0) is 31.9 Å². The predicted molar refractivity (Wildman–Crippen MR) is 161 cm³/mol. The van der Waals surface area contributed by atoms with Gasteiger partial charge in [0.2, 0.25) is 5.91 Å². The number of benzene rings is 5. The topological polar surface area (TPSA) is 93.7 Å². The molecule has 0 spiro atoms. The Hall–Kier alpha value is -4.65. The van der Waals surface area contributed by atoms with Crippen molar-refractivity contribution >= 4 is 50.3 Å². The third kappa shape index (κ3) is 6.24. The van der Waals surface area contributed by atoms with Gasteiger partial charge in [0.1, 0.15) is 17.7 Å². The summed E-state index contributed by atoms with van der Waals surface area (Å²) in [5.41, 5.74) is 1.03. The van der Waals surface area contributed by atoms with E-state index in [2.05, 4.69) is 47.0 Å². The number of amides is 2. The van der Waals surface area contributed by atoms with Crippen LogP contribution in [0.15, 0.2) is 84.9 Å². The van der Waals surface area contributed by atoms with Gasteiger partial charge in [-0.15, -0.1) is 0 Å². The first-order valence-corrected chi connectivity index (χ1v) is 13.7. The monoisotopic (exact) mass is 550 g/mol. The van der Waals surface area contributed by atoms with Gasteiger partial charge in [0.05, 0.1) is 7.11 Å². The molecule has 5 rings (SSSR count). The molecule has 2 unspecified atom stereocenters. The van der Waals surface area contributed by atoms with E-state index in [0.717, 1.165) is 38.1 Å². The molecule has 0 aliphatic rings. The molecule has 0 aromatic heterocycles. The molecule has 2 N–H and O–H groups in total. The van der Waals surface area contributed by atoms with Gasteiger partial charge in [-0.05, 0) is 64.2 Å². The van der Waals surface area contributed by atoms with Crippen molar-refractivity contribution < 1.29 is 23.9 Å². The molecule has 0 saturated carbocycles. The summed E-state index contributed by atoms with van der Waals surface area (Å²) in [6, 6.07) is 26.0. The number of ether oxygens (including phenoxy) is 2. The smallest absolute Gasteiger partial charge is 0.408 e. The van der Waals surface area contributed by atoms with Crippen LogP contribution in [0.5, 0.6) is 0 Å². The van der Waals surface area contributed by atoms with E-state index >= 15 is 0 Å². The van der Waals surface area contributed by atoms with Gasteiger partial charge in [-0.1, -0.05) is 84.9 Å². The van der Waals surface area contributed by atoms with Crippen LogP contribution in [0.3, 0.4) is 0 Å². The van der Waals surface area contributed by atoms with Crippen molar-refractivity contribution in [3.8, 4) is 0 Å². The number of carbonyl (C=O) groups is 3. The third-order valence-corrected chi connectivity index (χ3v) is 7.14. The molecule has 7 heteroatoms. The molecule has 41 heavy (non-hydrogen) atoms. The summed E-state index contributed by atoms with van der Waals surface area (Å²) in [5, 5.41) is 12.3. The zero-order chi connectivity index (χ0) is 29.1. The van der Waals surface area contributed by atoms with Crippen molar-refractivity contribution in [3.63, 3.8) is 0 Å². The van der Waals surface area contributed by atoms with Crippen molar-refractivity contribution in [1.29, 1.82) is 0 Å². The van der Waals surface area contributed by atoms with E-state index < -0.39 is 35.7 Å². The van der Waals surface area contributed by atoms with Crippen LogP contribution in [0, 0.1) is 0 Å². The summed E-state index contributed by atoms with van der Waals surface area (Å²) in [7, 11) is 1.30. The zero-order valence-electron chi connectivity index (χ0n) is 23.7. The van der Waals surface area contributed by atoms with E-state index in [4.69, 9.17) is 9.47 Å². The second kappa shape index (κ2) is 11.5. The highest BCUT2D eigenvalue weighted by atomic mass is 16.6. The first-order valence-electron chi connectivity index (χ1n) is 13.7. The molecule has 0 radical (unpaired) electrons. The third-order valence-electron chi connectivity index (χ3n) is 7.14. The number of nitrogens with one attached hydrogen (secondary N) is 2. The maximum atomic E-state index is 13.6. The summed E-state index contributed by atoms with van der Waals surface area (Å²) in [6.07, 6.45) is -0.273. The van der Waals surface area contributed by atoms with Crippen molar-refractivity contribution in [3.05, 3.63) is 96.1 Å². The number of esters is 1. The Morgan fingerprint density at radius 3 is 2.00 bits per heavy atom. The molecule has 0 saturated heterocycles. The lowest BCUT2D eigenvalue weighted by atomic mass is 9.90. The fourth-order valence-electron chi connectivity index (χ4n) is 5.31. The van der Waals surface area contributed by atoms with Gasteiger partial charge in [0.25, 0.3) is 0 Å². The lowest BCUT2D eigenvalue weighted by molar-refractivity contribution is -0.145. The molecule has 2 atom stereocenters. The minimum Gasteiger partial charge on any atom is -0.467 e. The van der Waals surface area contributed by atoms with E-state index in [9.17, 15) is 14.4 Å². The Labute approximate surface area is 239 Å². The maximum Gasteiger partial charge on any atom is 0.408 e. The van der Waals surface area contributed by atoms with Crippen molar-refractivity contribution in [2.75, 3.05) is 7.11 Å². The van der Waals surface area contributed by atoms with Crippen molar-refractivity contribution in [2.45, 2.75) is 51.3 Å². The minimum absolute atomic E-state index is 0.219. The lowest BCUT2D eigenvalue weighted by Crippen LogP contribution is -2.53. The van der Waals surface area contributed by atoms with Crippen LogP contribution in [0.2, 0.25) is 0 Å². The van der Waals surface area contributed by atoms with E-state index in [1.807, 2.05) is 48.5 Å². The van der Waals surface area contributed by atoms with Crippen molar-refractivity contribution in [1.82, 2.24) is 10.6 Å². The number of hydrogen-bond acceptors (Lipinski definition) is 5. The molecular formula is C34H34N2O5. The average Bonchev–Trinajstić information content (AvgIpc) is 2.95. The highest BCUT2D eigenvalue weighted by Crippen LogP contribution is 2.36. The fraction of sp³-hybridized carbons (Fsp3) is 0.265.